The van der Waals surface area contributed by atoms with E-state index in [4.69, 9.17) is 0 Å². The topological polar surface area (TPSA) is 0 Å². The molecule has 0 radical (unpaired) electrons. The Kier molecular flexibility index (Phi) is 5.91. The van der Waals surface area contributed by atoms with E-state index in [0.717, 1.165) is 6.42 Å². The van der Waals surface area contributed by atoms with Gasteiger partial charge in [0.1, 0.15) is 0 Å². The molecule has 3 atom stereocenters. The van der Waals surface area contributed by atoms with E-state index < -0.39 is 0 Å². The van der Waals surface area contributed by atoms with Gasteiger partial charge in [-0.2, -0.15) is 0 Å². The number of hydrogen-bond acceptors (Lipinski definition) is 0. The van der Waals surface area contributed by atoms with Crippen molar-refractivity contribution in [2.75, 3.05) is 0 Å². The van der Waals surface area contributed by atoms with Crippen molar-refractivity contribution in [1.82, 2.24) is 0 Å². The smallest absolute Gasteiger partial charge is 0.0153 e. The molecule has 0 N–H and O–H groups in total. The van der Waals surface area contributed by atoms with Gasteiger partial charge in [0.15, 0.2) is 0 Å². The first-order valence-electron chi connectivity index (χ1n) is 6.91. The van der Waals surface area contributed by atoms with Gasteiger partial charge in [-0.1, -0.05) is 75.4 Å². The molecular formula is C18H26. The molecule has 0 saturated carbocycles. The largest absolute Gasteiger partial charge is 0.0995 e. The fraction of sp³-hybridized carbons (Fsp3) is 0.444. The van der Waals surface area contributed by atoms with Gasteiger partial charge in [-0.15, -0.1) is 0 Å². The van der Waals surface area contributed by atoms with Gasteiger partial charge < -0.3 is 0 Å². The van der Waals surface area contributed by atoms with Crippen LogP contribution in [0, 0.1) is 11.8 Å². The Bertz CT molecular complexity index is 386. The standard InChI is InChI=1S/C18H26/c1-6-10-14(2)17(5)15(3)13-16(4)18-11-8-7-9-12-18/h6-12,14,16-17H,3,13H2,1-2,4-5H3. The number of rotatable bonds is 6. The Labute approximate surface area is 112 Å². The molecule has 98 valence electrons. The summed E-state index contributed by atoms with van der Waals surface area (Å²) in [4.78, 5) is 0. The first-order valence-corrected chi connectivity index (χ1v) is 6.91. The van der Waals surface area contributed by atoms with Crippen molar-refractivity contribution >= 4 is 0 Å². The third-order valence-electron chi connectivity index (χ3n) is 3.87. The van der Waals surface area contributed by atoms with Gasteiger partial charge in [-0.05, 0) is 36.7 Å². The van der Waals surface area contributed by atoms with Crippen molar-refractivity contribution in [3.05, 3.63) is 60.2 Å². The van der Waals surface area contributed by atoms with E-state index in [9.17, 15) is 0 Å². The van der Waals surface area contributed by atoms with Crippen molar-refractivity contribution in [2.45, 2.75) is 40.0 Å². The van der Waals surface area contributed by atoms with Crippen LogP contribution in [0.1, 0.15) is 45.6 Å². The maximum atomic E-state index is 4.29. The lowest BCUT2D eigenvalue weighted by molar-refractivity contribution is 0.502. The molecule has 0 heterocycles. The van der Waals surface area contributed by atoms with Crippen molar-refractivity contribution < 1.29 is 0 Å². The molecular weight excluding hydrogens is 216 g/mol. The lowest BCUT2D eigenvalue weighted by Crippen LogP contribution is -2.10. The Balaban J connectivity index is 2.59. The summed E-state index contributed by atoms with van der Waals surface area (Å²) < 4.78 is 0. The lowest BCUT2D eigenvalue weighted by Gasteiger charge is -2.22. The summed E-state index contributed by atoms with van der Waals surface area (Å²) in [7, 11) is 0. The second-order valence-corrected chi connectivity index (χ2v) is 5.35. The molecule has 0 bridgehead atoms. The Morgan fingerprint density at radius 2 is 1.78 bits per heavy atom. The summed E-state index contributed by atoms with van der Waals surface area (Å²) in [6, 6.07) is 10.7. The number of allylic oxidation sites excluding steroid dienone is 3. The molecule has 0 nitrogen and oxygen atoms in total. The monoisotopic (exact) mass is 242 g/mol. The van der Waals surface area contributed by atoms with Crippen LogP contribution in [-0.2, 0) is 0 Å². The molecule has 0 aromatic heterocycles. The predicted octanol–water partition coefficient (Wildman–Crippen LogP) is 5.58. The van der Waals surface area contributed by atoms with Crippen molar-refractivity contribution in [3.63, 3.8) is 0 Å². The highest BCUT2D eigenvalue weighted by Gasteiger charge is 2.15. The Morgan fingerprint density at radius 1 is 1.17 bits per heavy atom. The fourth-order valence-electron chi connectivity index (χ4n) is 2.32. The molecule has 18 heavy (non-hydrogen) atoms. The van der Waals surface area contributed by atoms with Gasteiger partial charge in [-0.25, -0.2) is 0 Å². The van der Waals surface area contributed by atoms with Crippen LogP contribution in [0.4, 0.5) is 0 Å². The molecule has 1 aromatic rings. The molecule has 3 unspecified atom stereocenters. The van der Waals surface area contributed by atoms with Gasteiger partial charge in [-0.3, -0.25) is 0 Å². The highest BCUT2D eigenvalue weighted by atomic mass is 14.2. The van der Waals surface area contributed by atoms with Crippen LogP contribution >= 0.6 is 0 Å². The average molecular weight is 242 g/mol. The van der Waals surface area contributed by atoms with Crippen LogP contribution in [-0.4, -0.2) is 0 Å². The SMILES string of the molecule is C=C(CC(C)c1ccccc1)C(C)C(C)C=CC. The summed E-state index contributed by atoms with van der Waals surface area (Å²) in [5.41, 5.74) is 2.77. The molecule has 0 amide bonds. The van der Waals surface area contributed by atoms with E-state index in [1.807, 2.05) is 0 Å². The molecule has 1 aromatic carbocycles. The quantitative estimate of drug-likeness (QED) is 0.571. The fourth-order valence-corrected chi connectivity index (χ4v) is 2.32. The first-order chi connectivity index (χ1) is 8.56. The highest BCUT2D eigenvalue weighted by Crippen LogP contribution is 2.29. The molecule has 1 rings (SSSR count). The van der Waals surface area contributed by atoms with Crippen LogP contribution in [0.3, 0.4) is 0 Å². The van der Waals surface area contributed by atoms with Crippen molar-refractivity contribution in [2.24, 2.45) is 11.8 Å². The highest BCUT2D eigenvalue weighted by molar-refractivity contribution is 5.21. The van der Waals surface area contributed by atoms with Crippen molar-refractivity contribution in [1.29, 1.82) is 0 Å². The van der Waals surface area contributed by atoms with Gasteiger partial charge >= 0.3 is 0 Å². The Morgan fingerprint density at radius 3 is 2.33 bits per heavy atom. The predicted molar refractivity (Wildman–Crippen MR) is 81.8 cm³/mol. The van der Waals surface area contributed by atoms with Crippen LogP contribution in [0.25, 0.3) is 0 Å². The van der Waals surface area contributed by atoms with Gasteiger partial charge in [0.2, 0.25) is 0 Å². The van der Waals surface area contributed by atoms with Crippen LogP contribution in [0.15, 0.2) is 54.6 Å². The third kappa shape index (κ3) is 4.18. The summed E-state index contributed by atoms with van der Waals surface area (Å²) >= 11 is 0. The normalized spacial score (nSPS) is 16.4. The van der Waals surface area contributed by atoms with Gasteiger partial charge in [0, 0.05) is 0 Å². The minimum atomic E-state index is 0.548. The number of benzene rings is 1. The van der Waals surface area contributed by atoms with E-state index in [0.29, 0.717) is 17.8 Å². The summed E-state index contributed by atoms with van der Waals surface area (Å²) in [6.07, 6.45) is 5.48. The summed E-state index contributed by atoms with van der Waals surface area (Å²) in [5, 5.41) is 0. The molecule has 0 aliphatic heterocycles. The zero-order valence-corrected chi connectivity index (χ0v) is 12.2. The Hall–Kier alpha value is -1.30. The first kappa shape index (κ1) is 14.8. The van der Waals surface area contributed by atoms with E-state index in [1.54, 1.807) is 0 Å². The van der Waals surface area contributed by atoms with E-state index in [-0.39, 0.29) is 0 Å². The third-order valence-corrected chi connectivity index (χ3v) is 3.87. The maximum Gasteiger partial charge on any atom is -0.0153 e. The molecule has 0 heteroatoms. The molecule has 0 spiro atoms. The van der Waals surface area contributed by atoms with Crippen LogP contribution in [0.2, 0.25) is 0 Å². The summed E-state index contributed by atoms with van der Waals surface area (Å²) in [5.74, 6) is 1.68. The second-order valence-electron chi connectivity index (χ2n) is 5.35. The van der Waals surface area contributed by atoms with E-state index in [1.165, 1.54) is 11.1 Å². The number of hydrogen-bond donors (Lipinski definition) is 0. The summed E-state index contributed by atoms with van der Waals surface area (Å²) in [6.45, 7) is 13.2. The van der Waals surface area contributed by atoms with Gasteiger partial charge in [0.25, 0.3) is 0 Å². The minimum absolute atomic E-state index is 0.548. The zero-order valence-electron chi connectivity index (χ0n) is 12.2. The van der Waals surface area contributed by atoms with E-state index in [2.05, 4.69) is 76.8 Å². The van der Waals surface area contributed by atoms with Gasteiger partial charge in [0.05, 0.1) is 0 Å². The van der Waals surface area contributed by atoms with E-state index >= 15 is 0 Å². The lowest BCUT2D eigenvalue weighted by atomic mass is 9.83. The molecule has 0 aliphatic carbocycles. The zero-order chi connectivity index (χ0) is 13.5. The van der Waals surface area contributed by atoms with Crippen molar-refractivity contribution in [3.8, 4) is 0 Å². The maximum absolute atomic E-state index is 4.29. The average Bonchev–Trinajstić information content (AvgIpc) is 2.39. The van der Waals surface area contributed by atoms with Crippen LogP contribution < -0.4 is 0 Å². The minimum Gasteiger partial charge on any atom is -0.0995 e. The molecule has 0 saturated heterocycles. The van der Waals surface area contributed by atoms with Crippen LogP contribution in [0.5, 0.6) is 0 Å². The molecule has 0 aliphatic rings. The molecule has 0 fully saturated rings. The second kappa shape index (κ2) is 7.20.